The molecule has 1 amide bonds. The van der Waals surface area contributed by atoms with Crippen molar-refractivity contribution >= 4 is 27.5 Å². The zero-order valence-corrected chi connectivity index (χ0v) is 17.8. The second-order valence-corrected chi connectivity index (χ2v) is 9.39. The van der Waals surface area contributed by atoms with Gasteiger partial charge < -0.3 is 5.32 Å². The Morgan fingerprint density at radius 3 is 1.84 bits per heavy atom. The summed E-state index contributed by atoms with van der Waals surface area (Å²) in [6.45, 7) is 0. The van der Waals surface area contributed by atoms with E-state index in [2.05, 4.69) is 11.4 Å². The van der Waals surface area contributed by atoms with Crippen LogP contribution in [0, 0.1) is 0 Å². The van der Waals surface area contributed by atoms with Gasteiger partial charge in [0.05, 0.1) is 4.90 Å². The molecule has 1 heterocycles. The van der Waals surface area contributed by atoms with Gasteiger partial charge in [0.2, 0.25) is 9.84 Å². The van der Waals surface area contributed by atoms with Crippen molar-refractivity contribution < 1.29 is 13.2 Å². The van der Waals surface area contributed by atoms with Gasteiger partial charge >= 0.3 is 0 Å². The maximum atomic E-state index is 13.2. The third-order valence-corrected chi connectivity index (χ3v) is 6.88. The SMILES string of the molecule is O=C(Nc1ccc2c(c1)S(=O)(=O)C=C2)c1cc(-c2ccccc2)cc(-c2ccccc2)c1. The minimum atomic E-state index is -3.45. The summed E-state index contributed by atoms with van der Waals surface area (Å²) in [5.41, 5.74) is 5.43. The lowest BCUT2D eigenvalue weighted by Crippen LogP contribution is -2.12. The molecular formula is C27H19NO3S. The summed E-state index contributed by atoms with van der Waals surface area (Å²) in [5, 5.41) is 4.03. The molecule has 0 fully saturated rings. The fourth-order valence-electron chi connectivity index (χ4n) is 3.79. The van der Waals surface area contributed by atoms with E-state index in [9.17, 15) is 13.2 Å². The molecule has 0 unspecified atom stereocenters. The first-order chi connectivity index (χ1) is 15.5. The van der Waals surface area contributed by atoms with Crippen molar-refractivity contribution in [1.82, 2.24) is 0 Å². The van der Waals surface area contributed by atoms with Crippen LogP contribution in [0.1, 0.15) is 15.9 Å². The number of amides is 1. The lowest BCUT2D eigenvalue weighted by Gasteiger charge is -2.12. The molecule has 4 nitrogen and oxygen atoms in total. The molecule has 0 radical (unpaired) electrons. The highest BCUT2D eigenvalue weighted by Crippen LogP contribution is 2.31. The Morgan fingerprint density at radius 1 is 0.656 bits per heavy atom. The van der Waals surface area contributed by atoms with Crippen LogP contribution in [0.2, 0.25) is 0 Å². The fourth-order valence-corrected chi connectivity index (χ4v) is 5.02. The number of carbonyl (C=O) groups excluding carboxylic acids is 1. The first-order valence-electron chi connectivity index (χ1n) is 10.1. The van der Waals surface area contributed by atoms with Crippen LogP contribution in [-0.4, -0.2) is 14.3 Å². The van der Waals surface area contributed by atoms with Crippen molar-refractivity contribution in [2.24, 2.45) is 0 Å². The lowest BCUT2D eigenvalue weighted by atomic mass is 9.96. The zero-order valence-electron chi connectivity index (χ0n) is 17.0. The predicted octanol–water partition coefficient (Wildman–Crippen LogP) is 6.03. The van der Waals surface area contributed by atoms with Gasteiger partial charge in [0, 0.05) is 16.7 Å². The summed E-state index contributed by atoms with van der Waals surface area (Å²) in [4.78, 5) is 13.4. The van der Waals surface area contributed by atoms with Crippen molar-refractivity contribution in [2.75, 3.05) is 5.32 Å². The van der Waals surface area contributed by atoms with Crippen LogP contribution in [0.4, 0.5) is 5.69 Å². The number of fused-ring (bicyclic) bond motifs is 1. The molecule has 0 saturated carbocycles. The Bertz CT molecular complexity index is 1400. The van der Waals surface area contributed by atoms with E-state index in [-0.39, 0.29) is 10.8 Å². The highest BCUT2D eigenvalue weighted by atomic mass is 32.2. The van der Waals surface area contributed by atoms with Crippen molar-refractivity contribution in [3.63, 3.8) is 0 Å². The Balaban J connectivity index is 1.53. The molecule has 5 heteroatoms. The van der Waals surface area contributed by atoms with E-state index in [0.717, 1.165) is 22.3 Å². The van der Waals surface area contributed by atoms with Crippen molar-refractivity contribution in [1.29, 1.82) is 0 Å². The van der Waals surface area contributed by atoms with E-state index in [1.165, 1.54) is 11.5 Å². The molecule has 0 spiro atoms. The molecule has 0 atom stereocenters. The predicted molar refractivity (Wildman–Crippen MR) is 128 cm³/mol. The molecule has 156 valence electrons. The summed E-state index contributed by atoms with van der Waals surface area (Å²) in [7, 11) is -3.45. The smallest absolute Gasteiger partial charge is 0.255 e. The Labute approximate surface area is 186 Å². The summed E-state index contributed by atoms with van der Waals surface area (Å²) in [5.74, 6) is -0.303. The normalized spacial score (nSPS) is 13.5. The third kappa shape index (κ3) is 3.86. The molecule has 0 aromatic heterocycles. The number of benzene rings is 4. The molecule has 1 aliphatic rings. The van der Waals surface area contributed by atoms with E-state index in [4.69, 9.17) is 0 Å². The minimum Gasteiger partial charge on any atom is -0.322 e. The van der Waals surface area contributed by atoms with E-state index >= 15 is 0 Å². The van der Waals surface area contributed by atoms with Gasteiger partial charge in [0.15, 0.2) is 0 Å². The van der Waals surface area contributed by atoms with Crippen LogP contribution < -0.4 is 5.32 Å². The van der Waals surface area contributed by atoms with Crippen LogP contribution in [0.5, 0.6) is 0 Å². The quantitative estimate of drug-likeness (QED) is 0.424. The van der Waals surface area contributed by atoms with E-state index < -0.39 is 9.84 Å². The van der Waals surface area contributed by atoms with Crippen molar-refractivity contribution in [2.45, 2.75) is 4.90 Å². The number of sulfone groups is 1. The molecule has 0 saturated heterocycles. The molecular weight excluding hydrogens is 418 g/mol. The summed E-state index contributed by atoms with van der Waals surface area (Å²) in [6, 6.07) is 30.4. The highest BCUT2D eigenvalue weighted by Gasteiger charge is 2.21. The number of hydrogen-bond acceptors (Lipinski definition) is 3. The molecule has 0 bridgehead atoms. The average Bonchev–Trinajstić information content (AvgIpc) is 3.14. The maximum absolute atomic E-state index is 13.2. The molecule has 4 aromatic rings. The van der Waals surface area contributed by atoms with Gasteiger partial charge in [-0.2, -0.15) is 0 Å². The highest BCUT2D eigenvalue weighted by molar-refractivity contribution is 7.94. The van der Waals surface area contributed by atoms with Crippen LogP contribution in [-0.2, 0) is 9.84 Å². The van der Waals surface area contributed by atoms with Crippen LogP contribution >= 0.6 is 0 Å². The second kappa shape index (κ2) is 7.94. The first-order valence-corrected chi connectivity index (χ1v) is 11.7. The summed E-state index contributed by atoms with van der Waals surface area (Å²) >= 11 is 0. The maximum Gasteiger partial charge on any atom is 0.255 e. The standard InChI is InChI=1S/C27H19NO3S/c29-27(28-25-12-11-21-13-14-32(30,31)26(21)18-25)24-16-22(19-7-3-1-4-8-19)15-23(17-24)20-9-5-2-6-10-20/h1-18H,(H,28,29). The van der Waals surface area contributed by atoms with Gasteiger partial charge in [-0.3, -0.25) is 4.79 Å². The molecule has 5 rings (SSSR count). The zero-order chi connectivity index (χ0) is 22.1. The Kier molecular flexibility index (Phi) is 4.96. The van der Waals surface area contributed by atoms with E-state index in [1.807, 2.05) is 72.8 Å². The number of carbonyl (C=O) groups is 1. The monoisotopic (exact) mass is 437 g/mol. The van der Waals surface area contributed by atoms with Gasteiger partial charge in [-0.1, -0.05) is 66.7 Å². The van der Waals surface area contributed by atoms with Crippen LogP contribution in [0.25, 0.3) is 28.3 Å². The molecule has 1 N–H and O–H groups in total. The fraction of sp³-hybridized carbons (Fsp3) is 0. The van der Waals surface area contributed by atoms with E-state index in [0.29, 0.717) is 16.8 Å². The average molecular weight is 438 g/mol. The topological polar surface area (TPSA) is 63.2 Å². The molecule has 4 aromatic carbocycles. The summed E-state index contributed by atoms with van der Waals surface area (Å²) < 4.78 is 24.3. The number of rotatable bonds is 4. The Hall–Kier alpha value is -3.96. The number of anilines is 1. The van der Waals surface area contributed by atoms with Crippen molar-refractivity contribution in [3.8, 4) is 22.3 Å². The molecule has 32 heavy (non-hydrogen) atoms. The second-order valence-electron chi connectivity index (χ2n) is 7.59. The molecule has 0 aliphatic carbocycles. The van der Waals surface area contributed by atoms with Gasteiger partial charge in [0.1, 0.15) is 0 Å². The third-order valence-electron chi connectivity index (χ3n) is 5.41. The first kappa shape index (κ1) is 20.0. The molecule has 1 aliphatic heterocycles. The Morgan fingerprint density at radius 2 is 1.25 bits per heavy atom. The van der Waals surface area contributed by atoms with E-state index in [1.54, 1.807) is 18.2 Å². The van der Waals surface area contributed by atoms with Gasteiger partial charge in [0.25, 0.3) is 5.91 Å². The summed E-state index contributed by atoms with van der Waals surface area (Å²) in [6.07, 6.45) is 1.56. The van der Waals surface area contributed by atoms with Gasteiger partial charge in [-0.15, -0.1) is 0 Å². The van der Waals surface area contributed by atoms with Crippen LogP contribution in [0.15, 0.2) is 107 Å². The lowest BCUT2D eigenvalue weighted by molar-refractivity contribution is 0.102. The largest absolute Gasteiger partial charge is 0.322 e. The minimum absolute atomic E-state index is 0.207. The van der Waals surface area contributed by atoms with Gasteiger partial charge in [-0.25, -0.2) is 8.42 Å². The van der Waals surface area contributed by atoms with Crippen molar-refractivity contribution in [3.05, 3.63) is 114 Å². The number of hydrogen-bond donors (Lipinski definition) is 1. The number of nitrogens with one attached hydrogen (secondary N) is 1. The van der Waals surface area contributed by atoms with Crippen LogP contribution in [0.3, 0.4) is 0 Å². The van der Waals surface area contributed by atoms with Gasteiger partial charge in [-0.05, 0) is 64.2 Å².